The number of carbonyl (C=O) groups excluding carboxylic acids is 1. The average molecular weight is 248 g/mol. The largest absolute Gasteiger partial charge is 0.412 e. The first-order valence-corrected chi connectivity index (χ1v) is 6.17. The third kappa shape index (κ3) is 7.40. The minimum atomic E-state index is 0. The van der Waals surface area contributed by atoms with Crippen molar-refractivity contribution >= 4 is 19.9 Å². The molecule has 0 aliphatic heterocycles. The van der Waals surface area contributed by atoms with E-state index in [0.717, 1.165) is 11.3 Å². The summed E-state index contributed by atoms with van der Waals surface area (Å²) in [6, 6.07) is 20.9. The van der Waals surface area contributed by atoms with Crippen molar-refractivity contribution in [3.8, 4) is 0 Å². The molecular weight excluding hydrogens is 231 g/mol. The Balaban J connectivity index is 0.000000292. The van der Waals surface area contributed by atoms with Gasteiger partial charge in [-0.1, -0.05) is 66.2 Å². The Morgan fingerprint density at radius 2 is 1.35 bits per heavy atom. The van der Waals surface area contributed by atoms with Gasteiger partial charge in [-0.2, -0.15) is 0 Å². The second kappa shape index (κ2) is 9.71. The molecule has 0 aliphatic rings. The van der Waals surface area contributed by atoms with E-state index in [2.05, 4.69) is 19.1 Å². The first-order valence-electron chi connectivity index (χ1n) is 5.10. The Morgan fingerprint density at radius 3 is 1.71 bits per heavy atom. The van der Waals surface area contributed by atoms with Crippen LogP contribution in [0.2, 0.25) is 0 Å². The third-order valence-corrected chi connectivity index (χ3v) is 2.72. The molecular formula is C14H17O2P. The summed E-state index contributed by atoms with van der Waals surface area (Å²) in [6.45, 7) is 2.08. The van der Waals surface area contributed by atoms with Crippen LogP contribution in [0.5, 0.6) is 0 Å². The van der Waals surface area contributed by atoms with E-state index in [4.69, 9.17) is 0 Å². The lowest BCUT2D eigenvalue weighted by molar-refractivity contribution is 0.569. The van der Waals surface area contributed by atoms with Gasteiger partial charge in [-0.05, 0) is 20.8 Å². The summed E-state index contributed by atoms with van der Waals surface area (Å²) in [7, 11) is 0.307. The molecule has 0 saturated carbocycles. The monoisotopic (exact) mass is 248 g/mol. The molecule has 2 aromatic carbocycles. The van der Waals surface area contributed by atoms with Crippen molar-refractivity contribution in [1.29, 1.82) is 0 Å². The molecule has 2 aromatic rings. The Bertz CT molecular complexity index is 401. The number of aryl methyl sites for hydroxylation is 1. The molecule has 0 radical (unpaired) electrons. The normalized spacial score (nSPS) is 9.00. The summed E-state index contributed by atoms with van der Waals surface area (Å²) < 4.78 is 0. The van der Waals surface area contributed by atoms with Gasteiger partial charge in [0.1, 0.15) is 6.03 Å². The Morgan fingerprint density at radius 1 is 0.882 bits per heavy atom. The van der Waals surface area contributed by atoms with Gasteiger partial charge < -0.3 is 5.48 Å². The summed E-state index contributed by atoms with van der Waals surface area (Å²) in [6.07, 6.45) is 0. The molecule has 17 heavy (non-hydrogen) atoms. The maximum Gasteiger partial charge on any atom is 0.143 e. The Kier molecular flexibility index (Phi) is 8.85. The van der Waals surface area contributed by atoms with Gasteiger partial charge in [-0.15, -0.1) is 0 Å². The Labute approximate surface area is 104 Å². The van der Waals surface area contributed by atoms with Gasteiger partial charge in [-0.3, -0.25) is 4.79 Å². The molecule has 0 saturated heterocycles. The summed E-state index contributed by atoms with van der Waals surface area (Å²) >= 11 is 0. The highest BCUT2D eigenvalue weighted by Crippen LogP contribution is 2.02. The molecule has 0 amide bonds. The van der Waals surface area contributed by atoms with Crippen molar-refractivity contribution in [2.75, 3.05) is 0 Å². The first kappa shape index (κ1) is 15.5. The van der Waals surface area contributed by atoms with E-state index in [9.17, 15) is 4.79 Å². The number of hydrogen-bond donors (Lipinski definition) is 0. The van der Waals surface area contributed by atoms with Crippen LogP contribution >= 0.6 is 8.58 Å². The Hall–Kier alpha value is -1.50. The summed E-state index contributed by atoms with van der Waals surface area (Å²) in [5, 5.41) is 1.10. The van der Waals surface area contributed by atoms with Crippen LogP contribution in [0.3, 0.4) is 0 Å². The quantitative estimate of drug-likeness (QED) is 0.594. The lowest BCUT2D eigenvalue weighted by atomic mass is 10.2. The highest BCUT2D eigenvalue weighted by atomic mass is 31.1. The van der Waals surface area contributed by atoms with Gasteiger partial charge in [-0.25, -0.2) is 0 Å². The predicted molar refractivity (Wildman–Crippen MR) is 75.9 cm³/mol. The zero-order valence-electron chi connectivity index (χ0n) is 9.76. The van der Waals surface area contributed by atoms with Crippen molar-refractivity contribution in [2.24, 2.45) is 0 Å². The van der Waals surface area contributed by atoms with Gasteiger partial charge in [0, 0.05) is 0 Å². The van der Waals surface area contributed by atoms with Crippen LogP contribution in [0.4, 0.5) is 0 Å². The molecule has 0 aliphatic carbocycles. The van der Waals surface area contributed by atoms with Crippen LogP contribution in [0, 0.1) is 6.92 Å². The lowest BCUT2D eigenvalue weighted by Gasteiger charge is -1.89. The van der Waals surface area contributed by atoms with Crippen LogP contribution in [0.15, 0.2) is 60.7 Å². The van der Waals surface area contributed by atoms with Crippen LogP contribution in [0.25, 0.3) is 0 Å². The van der Waals surface area contributed by atoms with E-state index in [1.807, 2.05) is 48.5 Å². The van der Waals surface area contributed by atoms with Crippen molar-refractivity contribution in [2.45, 2.75) is 6.92 Å². The van der Waals surface area contributed by atoms with E-state index >= 15 is 0 Å². The molecule has 0 fully saturated rings. The molecule has 90 valence electrons. The minimum Gasteiger partial charge on any atom is -0.412 e. The fourth-order valence-electron chi connectivity index (χ4n) is 1.14. The molecule has 1 atom stereocenters. The number of benzene rings is 2. The molecule has 0 heterocycles. The predicted octanol–water partition coefficient (Wildman–Crippen LogP) is 2.35. The molecule has 3 heteroatoms. The zero-order valence-corrected chi connectivity index (χ0v) is 10.8. The van der Waals surface area contributed by atoms with Crippen LogP contribution < -0.4 is 5.30 Å². The maximum absolute atomic E-state index is 9.99. The SMILES string of the molecule is Cc1ccccc1.O.O=CPc1ccccc1. The second-order valence-corrected chi connectivity index (χ2v) is 4.38. The molecule has 0 aromatic heterocycles. The van der Waals surface area contributed by atoms with Crippen molar-refractivity contribution in [3.05, 3.63) is 66.2 Å². The lowest BCUT2D eigenvalue weighted by Crippen LogP contribution is -1.89. The zero-order chi connectivity index (χ0) is 11.6. The van der Waals surface area contributed by atoms with E-state index in [0.29, 0.717) is 8.58 Å². The maximum atomic E-state index is 9.99. The third-order valence-electron chi connectivity index (χ3n) is 1.94. The highest BCUT2D eigenvalue weighted by molar-refractivity contribution is 7.62. The van der Waals surface area contributed by atoms with Crippen molar-refractivity contribution < 1.29 is 10.3 Å². The van der Waals surface area contributed by atoms with Gasteiger partial charge in [0.2, 0.25) is 0 Å². The van der Waals surface area contributed by atoms with Gasteiger partial charge in [0.05, 0.1) is 0 Å². The summed E-state index contributed by atoms with van der Waals surface area (Å²) in [4.78, 5) is 9.99. The first-order chi connectivity index (χ1) is 7.83. The molecule has 2 N–H and O–H groups in total. The van der Waals surface area contributed by atoms with E-state index < -0.39 is 0 Å². The average Bonchev–Trinajstić information content (AvgIpc) is 2.33. The fourth-order valence-corrected chi connectivity index (χ4v) is 1.66. The van der Waals surface area contributed by atoms with E-state index in [-0.39, 0.29) is 5.48 Å². The van der Waals surface area contributed by atoms with Crippen LogP contribution in [-0.4, -0.2) is 11.5 Å². The molecule has 2 rings (SSSR count). The summed E-state index contributed by atoms with van der Waals surface area (Å²) in [5.74, 6) is 0. The number of carbonyl (C=O) groups is 1. The van der Waals surface area contributed by atoms with Gasteiger partial charge >= 0.3 is 0 Å². The number of hydrogen-bond acceptors (Lipinski definition) is 1. The smallest absolute Gasteiger partial charge is 0.143 e. The van der Waals surface area contributed by atoms with Crippen LogP contribution in [-0.2, 0) is 4.79 Å². The molecule has 0 bridgehead atoms. The fraction of sp³-hybridized carbons (Fsp3) is 0.0714. The summed E-state index contributed by atoms with van der Waals surface area (Å²) in [5.41, 5.74) is 1.32. The second-order valence-electron chi connectivity index (χ2n) is 3.28. The molecule has 0 spiro atoms. The van der Waals surface area contributed by atoms with Crippen molar-refractivity contribution in [3.63, 3.8) is 0 Å². The topological polar surface area (TPSA) is 48.6 Å². The van der Waals surface area contributed by atoms with Gasteiger partial charge in [0.25, 0.3) is 0 Å². The number of rotatable bonds is 2. The van der Waals surface area contributed by atoms with Crippen LogP contribution in [0.1, 0.15) is 5.56 Å². The minimum absolute atomic E-state index is 0. The van der Waals surface area contributed by atoms with Gasteiger partial charge in [0.15, 0.2) is 0 Å². The van der Waals surface area contributed by atoms with E-state index in [1.54, 1.807) is 0 Å². The standard InChI is InChI=1S/C7H7OP.C7H8.H2O/c8-6-9-7-4-2-1-3-5-7;1-7-5-3-2-4-6-7;/h1-6,9H;2-6H,1H3;1H2. The highest BCUT2D eigenvalue weighted by Gasteiger charge is 1.84. The molecule has 1 unspecified atom stereocenters. The van der Waals surface area contributed by atoms with Crippen molar-refractivity contribution in [1.82, 2.24) is 0 Å². The van der Waals surface area contributed by atoms with E-state index in [1.165, 1.54) is 5.56 Å². The molecule has 2 nitrogen and oxygen atoms in total.